The summed E-state index contributed by atoms with van der Waals surface area (Å²) in [6, 6.07) is 17.4. The SMILES string of the molecule is C[C@H]1OC(c2ccc(OCCCO)cc2)=N[C@@]1(Cc1ccccc1CN=[N+]=[N-])C(=O)NCc1cc(F)cc(F)c1. The summed E-state index contributed by atoms with van der Waals surface area (Å²) < 4.78 is 39.2. The zero-order chi connectivity index (χ0) is 28.5. The molecular formula is C29H29F2N5O4. The van der Waals surface area contributed by atoms with Gasteiger partial charge in [-0.15, -0.1) is 0 Å². The first kappa shape index (κ1) is 28.5. The van der Waals surface area contributed by atoms with Gasteiger partial charge < -0.3 is 19.9 Å². The van der Waals surface area contributed by atoms with Crippen LogP contribution < -0.4 is 10.1 Å². The molecule has 0 unspecified atom stereocenters. The van der Waals surface area contributed by atoms with Crippen molar-refractivity contribution in [1.29, 1.82) is 0 Å². The van der Waals surface area contributed by atoms with Crippen LogP contribution in [0.2, 0.25) is 0 Å². The number of amides is 1. The molecule has 0 saturated heterocycles. The van der Waals surface area contributed by atoms with Crippen molar-refractivity contribution in [2.24, 2.45) is 10.1 Å². The maximum atomic E-state index is 13.8. The third-order valence-corrected chi connectivity index (χ3v) is 6.59. The summed E-state index contributed by atoms with van der Waals surface area (Å²) in [4.78, 5) is 21.5. The minimum absolute atomic E-state index is 0.0326. The number of carbonyl (C=O) groups excluding carboxylic acids is 1. The highest BCUT2D eigenvalue weighted by atomic mass is 19.1. The summed E-state index contributed by atoms with van der Waals surface area (Å²) in [6.45, 7) is 2.12. The molecule has 4 rings (SSSR count). The Morgan fingerprint density at radius 2 is 1.85 bits per heavy atom. The fourth-order valence-electron chi connectivity index (χ4n) is 4.47. The topological polar surface area (TPSA) is 129 Å². The number of rotatable bonds is 12. The van der Waals surface area contributed by atoms with Gasteiger partial charge in [0.15, 0.2) is 5.54 Å². The number of hydrogen-bond donors (Lipinski definition) is 2. The molecule has 40 heavy (non-hydrogen) atoms. The molecule has 0 fully saturated rings. The molecule has 0 aliphatic carbocycles. The van der Waals surface area contributed by atoms with Gasteiger partial charge in [-0.25, -0.2) is 13.8 Å². The van der Waals surface area contributed by atoms with Gasteiger partial charge in [-0.2, -0.15) is 0 Å². The number of nitrogens with one attached hydrogen (secondary N) is 1. The number of aliphatic imine (C=N–C) groups is 1. The maximum absolute atomic E-state index is 13.8. The monoisotopic (exact) mass is 549 g/mol. The molecule has 1 heterocycles. The summed E-state index contributed by atoms with van der Waals surface area (Å²) >= 11 is 0. The van der Waals surface area contributed by atoms with E-state index in [1.54, 1.807) is 31.2 Å². The van der Waals surface area contributed by atoms with Crippen molar-refractivity contribution < 1.29 is 28.2 Å². The standard InChI is InChI=1S/C29H29F2N5O4/c1-19-29(16-22-5-2-3-6-23(22)18-34-36-32,28(38)33-17-20-13-24(30)15-25(31)14-20)35-27(40-19)21-7-9-26(10-8-21)39-12-4-11-37/h2-3,5-10,13-15,19,37H,4,11-12,16-18H2,1H3,(H,33,38)/t19-,29-/m1/s1. The van der Waals surface area contributed by atoms with E-state index in [1.165, 1.54) is 0 Å². The van der Waals surface area contributed by atoms with Crippen LogP contribution in [0.5, 0.6) is 5.75 Å². The van der Waals surface area contributed by atoms with Crippen molar-refractivity contribution in [2.45, 2.75) is 44.5 Å². The first-order chi connectivity index (χ1) is 19.3. The molecule has 208 valence electrons. The quantitative estimate of drug-likeness (QED) is 0.143. The van der Waals surface area contributed by atoms with Crippen LogP contribution in [-0.2, 0) is 29.0 Å². The minimum Gasteiger partial charge on any atom is -0.494 e. The molecule has 11 heteroatoms. The van der Waals surface area contributed by atoms with Gasteiger partial charge in [0.25, 0.3) is 5.91 Å². The van der Waals surface area contributed by atoms with Crippen molar-refractivity contribution in [2.75, 3.05) is 13.2 Å². The van der Waals surface area contributed by atoms with Gasteiger partial charge in [0, 0.05) is 42.5 Å². The maximum Gasteiger partial charge on any atom is 0.252 e. The van der Waals surface area contributed by atoms with E-state index in [-0.39, 0.29) is 37.6 Å². The third-order valence-electron chi connectivity index (χ3n) is 6.59. The molecule has 1 aliphatic heterocycles. The van der Waals surface area contributed by atoms with Crippen molar-refractivity contribution in [3.8, 4) is 5.75 Å². The number of aliphatic hydroxyl groups is 1. The molecule has 0 spiro atoms. The molecule has 1 aliphatic rings. The van der Waals surface area contributed by atoms with Crippen molar-refractivity contribution >= 4 is 11.8 Å². The smallest absolute Gasteiger partial charge is 0.252 e. The van der Waals surface area contributed by atoms with Crippen LogP contribution in [0, 0.1) is 11.6 Å². The number of hydrogen-bond acceptors (Lipinski definition) is 6. The molecule has 0 radical (unpaired) electrons. The summed E-state index contributed by atoms with van der Waals surface area (Å²) in [6.07, 6.45) is -0.0730. The summed E-state index contributed by atoms with van der Waals surface area (Å²) in [5, 5.41) is 15.4. The number of halogens is 2. The highest BCUT2D eigenvalue weighted by Crippen LogP contribution is 2.34. The normalized spacial score (nSPS) is 17.9. The average molecular weight is 550 g/mol. The summed E-state index contributed by atoms with van der Waals surface area (Å²) in [5.74, 6) is -1.10. The molecule has 0 aromatic heterocycles. The predicted molar refractivity (Wildman–Crippen MR) is 145 cm³/mol. The van der Waals surface area contributed by atoms with Gasteiger partial charge in [0.2, 0.25) is 5.90 Å². The van der Waals surface area contributed by atoms with E-state index < -0.39 is 29.2 Å². The zero-order valence-corrected chi connectivity index (χ0v) is 21.9. The van der Waals surface area contributed by atoms with E-state index in [1.807, 2.05) is 24.3 Å². The molecule has 2 atom stereocenters. The Bertz CT molecular complexity index is 1410. The highest BCUT2D eigenvalue weighted by molar-refractivity contribution is 6.01. The van der Waals surface area contributed by atoms with Crippen LogP contribution in [0.25, 0.3) is 10.4 Å². The molecule has 0 saturated carbocycles. The van der Waals surface area contributed by atoms with Crippen LogP contribution in [-0.4, -0.2) is 41.8 Å². The second kappa shape index (κ2) is 13.1. The lowest BCUT2D eigenvalue weighted by Gasteiger charge is -2.29. The molecule has 1 amide bonds. The average Bonchev–Trinajstić information content (AvgIpc) is 3.28. The molecule has 0 bridgehead atoms. The number of azide groups is 1. The lowest BCUT2D eigenvalue weighted by atomic mass is 9.84. The predicted octanol–water partition coefficient (Wildman–Crippen LogP) is 5.00. The Hall–Kier alpha value is -4.47. The van der Waals surface area contributed by atoms with Crippen LogP contribution in [0.1, 0.15) is 35.6 Å². The summed E-state index contributed by atoms with van der Waals surface area (Å²) in [5.41, 5.74) is 9.77. The highest BCUT2D eigenvalue weighted by Gasteiger charge is 2.50. The van der Waals surface area contributed by atoms with Gasteiger partial charge in [0.1, 0.15) is 23.5 Å². The molecular weight excluding hydrogens is 520 g/mol. The van der Waals surface area contributed by atoms with E-state index in [4.69, 9.17) is 25.1 Å². The Labute approximate surface area is 230 Å². The van der Waals surface area contributed by atoms with E-state index in [9.17, 15) is 13.6 Å². The fourth-order valence-corrected chi connectivity index (χ4v) is 4.47. The molecule has 9 nitrogen and oxygen atoms in total. The third kappa shape index (κ3) is 6.74. The Morgan fingerprint density at radius 1 is 1.15 bits per heavy atom. The Balaban J connectivity index is 1.66. The van der Waals surface area contributed by atoms with Crippen molar-refractivity contribution in [1.82, 2.24) is 5.32 Å². The second-order valence-electron chi connectivity index (χ2n) is 9.35. The van der Waals surface area contributed by atoms with Crippen molar-refractivity contribution in [3.63, 3.8) is 0 Å². The number of carbonyl (C=O) groups is 1. The van der Waals surface area contributed by atoms with Crippen molar-refractivity contribution in [3.05, 3.63) is 111 Å². The van der Waals surface area contributed by atoms with Gasteiger partial charge >= 0.3 is 0 Å². The summed E-state index contributed by atoms with van der Waals surface area (Å²) in [7, 11) is 0. The van der Waals surface area contributed by atoms with Gasteiger partial charge in [-0.05, 0) is 65.5 Å². The lowest BCUT2D eigenvalue weighted by molar-refractivity contribution is -0.128. The number of aliphatic hydroxyl groups excluding tert-OH is 1. The number of benzene rings is 3. The molecule has 2 N–H and O–H groups in total. The van der Waals surface area contributed by atoms with E-state index >= 15 is 0 Å². The van der Waals surface area contributed by atoms with Crippen LogP contribution >= 0.6 is 0 Å². The lowest BCUT2D eigenvalue weighted by Crippen LogP contribution is -2.52. The molecule has 3 aromatic carbocycles. The van der Waals surface area contributed by atoms with Gasteiger partial charge in [0.05, 0.1) is 13.2 Å². The van der Waals surface area contributed by atoms with E-state index in [2.05, 4.69) is 15.3 Å². The Kier molecular flexibility index (Phi) is 9.31. The van der Waals surface area contributed by atoms with Crippen LogP contribution in [0.3, 0.4) is 0 Å². The number of ether oxygens (including phenoxy) is 2. The van der Waals surface area contributed by atoms with E-state index in [0.29, 0.717) is 24.3 Å². The first-order valence-corrected chi connectivity index (χ1v) is 12.8. The largest absolute Gasteiger partial charge is 0.494 e. The zero-order valence-electron chi connectivity index (χ0n) is 21.9. The van der Waals surface area contributed by atoms with Crippen LogP contribution in [0.15, 0.2) is 76.8 Å². The minimum atomic E-state index is -1.43. The first-order valence-electron chi connectivity index (χ1n) is 12.8. The Morgan fingerprint density at radius 3 is 2.52 bits per heavy atom. The second-order valence-corrected chi connectivity index (χ2v) is 9.35. The van der Waals surface area contributed by atoms with Gasteiger partial charge in [-0.3, -0.25) is 4.79 Å². The number of nitrogens with zero attached hydrogens (tertiary/aromatic N) is 4. The fraction of sp³-hybridized carbons (Fsp3) is 0.310. The van der Waals surface area contributed by atoms with Crippen LogP contribution in [0.4, 0.5) is 8.78 Å². The molecule has 3 aromatic rings. The van der Waals surface area contributed by atoms with E-state index in [0.717, 1.165) is 29.3 Å². The van der Waals surface area contributed by atoms with Gasteiger partial charge in [-0.1, -0.05) is 29.4 Å².